The number of aliphatic hydroxyl groups is 2. The predicted octanol–water partition coefficient (Wildman–Crippen LogP) is 1.46. The Morgan fingerprint density at radius 3 is 2.57 bits per heavy atom. The van der Waals surface area contributed by atoms with Gasteiger partial charge in [-0.1, -0.05) is 33.6 Å². The van der Waals surface area contributed by atoms with Crippen LogP contribution in [0.3, 0.4) is 0 Å². The molecule has 14 heavy (non-hydrogen) atoms. The Morgan fingerprint density at radius 1 is 1.43 bits per heavy atom. The highest BCUT2D eigenvalue weighted by Crippen LogP contribution is 2.27. The van der Waals surface area contributed by atoms with Crippen LogP contribution in [0.2, 0.25) is 5.02 Å². The summed E-state index contributed by atoms with van der Waals surface area (Å²) in [7, 11) is 0. The Labute approximate surface area is 95.6 Å². The lowest BCUT2D eigenvalue weighted by Crippen LogP contribution is -2.27. The zero-order valence-corrected chi connectivity index (χ0v) is 9.66. The standard InChI is InChI=1S/C9H11BrClNO2/c10-5-1-2-6(7(11)3-5)9(14)8(13)4-12/h1-3,8-9,13-14H,4,12H2. The first-order chi connectivity index (χ1) is 6.56. The molecule has 0 radical (unpaired) electrons. The molecule has 0 saturated heterocycles. The molecule has 0 saturated carbocycles. The summed E-state index contributed by atoms with van der Waals surface area (Å²) in [6, 6.07) is 5.05. The van der Waals surface area contributed by atoms with Crippen molar-refractivity contribution in [3.63, 3.8) is 0 Å². The van der Waals surface area contributed by atoms with Gasteiger partial charge in [0.1, 0.15) is 6.10 Å². The van der Waals surface area contributed by atoms with Crippen molar-refractivity contribution in [3.05, 3.63) is 33.3 Å². The lowest BCUT2D eigenvalue weighted by molar-refractivity contribution is 0.0244. The van der Waals surface area contributed by atoms with E-state index in [2.05, 4.69) is 15.9 Å². The van der Waals surface area contributed by atoms with Crippen molar-refractivity contribution in [1.29, 1.82) is 0 Å². The molecule has 2 atom stereocenters. The Hall–Kier alpha value is -0.130. The highest BCUT2D eigenvalue weighted by atomic mass is 79.9. The summed E-state index contributed by atoms with van der Waals surface area (Å²) in [5.74, 6) is 0. The zero-order valence-electron chi connectivity index (χ0n) is 7.32. The largest absolute Gasteiger partial charge is 0.389 e. The van der Waals surface area contributed by atoms with Gasteiger partial charge in [0, 0.05) is 21.6 Å². The van der Waals surface area contributed by atoms with E-state index in [-0.39, 0.29) is 6.54 Å². The molecule has 1 aromatic carbocycles. The van der Waals surface area contributed by atoms with E-state index < -0.39 is 12.2 Å². The van der Waals surface area contributed by atoms with E-state index in [1.807, 2.05) is 0 Å². The van der Waals surface area contributed by atoms with Gasteiger partial charge in [-0.2, -0.15) is 0 Å². The van der Waals surface area contributed by atoms with Crippen LogP contribution >= 0.6 is 27.5 Å². The number of halogens is 2. The molecule has 0 fully saturated rings. The molecule has 0 aliphatic rings. The van der Waals surface area contributed by atoms with Crippen LogP contribution in [-0.4, -0.2) is 22.9 Å². The molecule has 1 aromatic rings. The van der Waals surface area contributed by atoms with Gasteiger partial charge in [0.15, 0.2) is 0 Å². The van der Waals surface area contributed by atoms with E-state index in [0.29, 0.717) is 10.6 Å². The second-order valence-corrected chi connectivity index (χ2v) is 4.24. The minimum Gasteiger partial charge on any atom is -0.389 e. The SMILES string of the molecule is NCC(O)C(O)c1ccc(Br)cc1Cl. The van der Waals surface area contributed by atoms with Crippen LogP contribution in [0.15, 0.2) is 22.7 Å². The molecule has 78 valence electrons. The zero-order chi connectivity index (χ0) is 10.7. The van der Waals surface area contributed by atoms with Crippen molar-refractivity contribution in [3.8, 4) is 0 Å². The van der Waals surface area contributed by atoms with Gasteiger partial charge in [-0.05, 0) is 12.1 Å². The molecule has 5 heteroatoms. The first kappa shape index (κ1) is 11.9. The van der Waals surface area contributed by atoms with Crippen molar-refractivity contribution < 1.29 is 10.2 Å². The second kappa shape index (κ2) is 5.09. The lowest BCUT2D eigenvalue weighted by Gasteiger charge is -2.17. The third-order valence-electron chi connectivity index (χ3n) is 1.89. The summed E-state index contributed by atoms with van der Waals surface area (Å²) >= 11 is 9.13. The molecule has 0 amide bonds. The number of aliphatic hydroxyl groups excluding tert-OH is 2. The molecule has 0 aliphatic heterocycles. The summed E-state index contributed by atoms with van der Waals surface area (Å²) in [6.45, 7) is -0.00639. The van der Waals surface area contributed by atoms with Crippen LogP contribution in [0.4, 0.5) is 0 Å². The van der Waals surface area contributed by atoms with Gasteiger partial charge in [0.25, 0.3) is 0 Å². The molecular formula is C9H11BrClNO2. The van der Waals surface area contributed by atoms with Gasteiger partial charge in [-0.25, -0.2) is 0 Å². The average molecular weight is 281 g/mol. The molecule has 0 heterocycles. The first-order valence-corrected chi connectivity index (χ1v) is 5.24. The molecular weight excluding hydrogens is 269 g/mol. The van der Waals surface area contributed by atoms with Crippen molar-refractivity contribution in [1.82, 2.24) is 0 Å². The first-order valence-electron chi connectivity index (χ1n) is 4.07. The maximum atomic E-state index is 9.63. The quantitative estimate of drug-likeness (QED) is 0.785. The Balaban J connectivity index is 2.95. The molecule has 2 unspecified atom stereocenters. The van der Waals surface area contributed by atoms with Gasteiger partial charge in [-0.15, -0.1) is 0 Å². The topological polar surface area (TPSA) is 66.5 Å². The summed E-state index contributed by atoms with van der Waals surface area (Å²) in [5.41, 5.74) is 5.71. The third-order valence-corrected chi connectivity index (χ3v) is 2.71. The van der Waals surface area contributed by atoms with E-state index in [1.165, 1.54) is 0 Å². The Morgan fingerprint density at radius 2 is 2.07 bits per heavy atom. The number of benzene rings is 1. The number of rotatable bonds is 3. The average Bonchev–Trinajstić information content (AvgIpc) is 2.15. The van der Waals surface area contributed by atoms with Gasteiger partial charge in [-0.3, -0.25) is 0 Å². The van der Waals surface area contributed by atoms with Crippen LogP contribution in [0, 0.1) is 0 Å². The van der Waals surface area contributed by atoms with Gasteiger partial charge >= 0.3 is 0 Å². The highest BCUT2D eigenvalue weighted by Gasteiger charge is 2.19. The Bertz CT molecular complexity index is 322. The smallest absolute Gasteiger partial charge is 0.108 e. The summed E-state index contributed by atoms with van der Waals surface area (Å²) in [4.78, 5) is 0. The summed E-state index contributed by atoms with van der Waals surface area (Å²) < 4.78 is 0.820. The maximum absolute atomic E-state index is 9.63. The van der Waals surface area contributed by atoms with Crippen molar-refractivity contribution in [2.45, 2.75) is 12.2 Å². The fraction of sp³-hybridized carbons (Fsp3) is 0.333. The van der Waals surface area contributed by atoms with Crippen LogP contribution in [0.5, 0.6) is 0 Å². The molecule has 4 N–H and O–H groups in total. The maximum Gasteiger partial charge on any atom is 0.108 e. The molecule has 0 spiro atoms. The van der Waals surface area contributed by atoms with Crippen molar-refractivity contribution in [2.75, 3.05) is 6.54 Å². The highest BCUT2D eigenvalue weighted by molar-refractivity contribution is 9.10. The van der Waals surface area contributed by atoms with Crippen LogP contribution in [0.1, 0.15) is 11.7 Å². The van der Waals surface area contributed by atoms with Crippen LogP contribution in [-0.2, 0) is 0 Å². The number of hydrogen-bond acceptors (Lipinski definition) is 3. The van der Waals surface area contributed by atoms with Gasteiger partial charge in [0.05, 0.1) is 6.10 Å². The summed E-state index contributed by atoms with van der Waals surface area (Å²) in [6.07, 6.45) is -2.03. The van der Waals surface area contributed by atoms with Crippen LogP contribution in [0.25, 0.3) is 0 Å². The fourth-order valence-corrected chi connectivity index (χ4v) is 1.86. The third kappa shape index (κ3) is 2.68. The van der Waals surface area contributed by atoms with Gasteiger partial charge in [0.2, 0.25) is 0 Å². The van der Waals surface area contributed by atoms with Gasteiger partial charge < -0.3 is 15.9 Å². The lowest BCUT2D eigenvalue weighted by atomic mass is 10.0. The molecule has 0 aromatic heterocycles. The number of nitrogens with two attached hydrogens (primary N) is 1. The molecule has 1 rings (SSSR count). The molecule has 0 bridgehead atoms. The number of hydrogen-bond donors (Lipinski definition) is 3. The van der Waals surface area contributed by atoms with E-state index in [4.69, 9.17) is 17.3 Å². The molecule has 0 aliphatic carbocycles. The Kier molecular flexibility index (Phi) is 4.34. The monoisotopic (exact) mass is 279 g/mol. The van der Waals surface area contributed by atoms with Crippen molar-refractivity contribution >= 4 is 27.5 Å². The fourth-order valence-electron chi connectivity index (χ4n) is 1.08. The van der Waals surface area contributed by atoms with E-state index in [1.54, 1.807) is 18.2 Å². The predicted molar refractivity (Wildman–Crippen MR) is 59.2 cm³/mol. The van der Waals surface area contributed by atoms with Crippen molar-refractivity contribution in [2.24, 2.45) is 5.73 Å². The minimum absolute atomic E-state index is 0.00639. The van der Waals surface area contributed by atoms with Crippen LogP contribution < -0.4 is 5.73 Å². The minimum atomic E-state index is -1.04. The normalized spacial score (nSPS) is 15.2. The second-order valence-electron chi connectivity index (χ2n) is 2.91. The summed E-state index contributed by atoms with van der Waals surface area (Å²) in [5, 5.41) is 19.4. The van der Waals surface area contributed by atoms with E-state index in [9.17, 15) is 10.2 Å². The molecule has 3 nitrogen and oxygen atoms in total. The van der Waals surface area contributed by atoms with E-state index >= 15 is 0 Å². The van der Waals surface area contributed by atoms with E-state index in [0.717, 1.165) is 4.47 Å².